The normalized spacial score (nSPS) is 14.4. The zero-order chi connectivity index (χ0) is 72.6. The molecule has 0 saturated carbocycles. The fourth-order valence-electron chi connectivity index (χ4n) is 8.85. The lowest BCUT2D eigenvalue weighted by atomic mass is 10.2. The number of ether oxygens (including phenoxy) is 4. The molecule has 2 unspecified atom stereocenters. The van der Waals surface area contributed by atoms with Gasteiger partial charge in [-0.2, -0.15) is 10.2 Å². The number of imide groups is 2. The minimum atomic E-state index is -0.743. The number of aromatic amines is 1. The number of nitrogens with one attached hydrogen (secondary N) is 2. The number of imidazole rings is 4. The Labute approximate surface area is 569 Å². The van der Waals surface area contributed by atoms with Gasteiger partial charge in [-0.3, -0.25) is 43.3 Å². The van der Waals surface area contributed by atoms with Crippen molar-refractivity contribution in [2.24, 2.45) is 42.3 Å². The fourth-order valence-corrected chi connectivity index (χ4v) is 8.85. The zero-order valence-electron chi connectivity index (χ0n) is 60.3. The predicted molar refractivity (Wildman–Crippen MR) is 371 cm³/mol. The van der Waals surface area contributed by atoms with Crippen molar-refractivity contribution >= 4 is 35.8 Å². The lowest BCUT2D eigenvalue weighted by Crippen LogP contribution is -2.32. The molecule has 0 spiro atoms. The molecule has 2 atom stereocenters. The van der Waals surface area contributed by atoms with E-state index in [0.29, 0.717) is 11.5 Å². The third-order valence-corrected chi connectivity index (χ3v) is 14.5. The van der Waals surface area contributed by atoms with Crippen molar-refractivity contribution in [2.45, 2.75) is 60.9 Å². The van der Waals surface area contributed by atoms with Crippen molar-refractivity contribution in [2.75, 3.05) is 89.9 Å². The number of H-pyrrole nitrogens is 1. The summed E-state index contributed by atoms with van der Waals surface area (Å²) < 4.78 is 30.7. The van der Waals surface area contributed by atoms with Crippen molar-refractivity contribution in [3.05, 3.63) is 180 Å². The lowest BCUT2D eigenvalue weighted by Gasteiger charge is -2.21. The summed E-state index contributed by atoms with van der Waals surface area (Å²) in [5.41, 5.74) is 9.61. The molecular formula is C68H99N19O10. The molecule has 2 N–H and O–H groups in total. The average molecular weight is 1340 g/mol. The highest BCUT2D eigenvalue weighted by Crippen LogP contribution is 2.19. The number of carbonyl (C=O) groups is 6. The van der Waals surface area contributed by atoms with E-state index in [9.17, 15) is 28.8 Å². The van der Waals surface area contributed by atoms with Gasteiger partial charge in [-0.15, -0.1) is 0 Å². The van der Waals surface area contributed by atoms with E-state index in [1.807, 2.05) is 162 Å². The first kappa shape index (κ1) is 80.9. The number of aryl methyl sites for hydroxylation is 13. The van der Waals surface area contributed by atoms with Crippen molar-refractivity contribution in [3.8, 4) is 22.8 Å². The number of methoxy groups -OCH3 is 3. The van der Waals surface area contributed by atoms with Crippen molar-refractivity contribution in [3.63, 3.8) is 0 Å². The number of urea groups is 2. The van der Waals surface area contributed by atoms with Gasteiger partial charge in [0, 0.05) is 171 Å². The van der Waals surface area contributed by atoms with Gasteiger partial charge in [0.2, 0.25) is 12.5 Å². The van der Waals surface area contributed by atoms with E-state index in [-0.39, 0.29) is 35.8 Å². The summed E-state index contributed by atoms with van der Waals surface area (Å²) in [5, 5.41) is 10.7. The highest BCUT2D eigenvalue weighted by molar-refractivity contribution is 6.03. The zero-order valence-corrected chi connectivity index (χ0v) is 60.3. The molecule has 0 radical (unpaired) electrons. The maximum absolute atomic E-state index is 11.1. The fraction of sp³-hybridized carbons (Fsp3) is 0.412. The maximum atomic E-state index is 11.1. The van der Waals surface area contributed by atoms with Gasteiger partial charge in [0.05, 0.1) is 43.1 Å². The Hall–Kier alpha value is -10.4. The molecule has 29 nitrogen and oxygen atoms in total. The SMILES string of the molecule is CN1CCOCC1.CNC(=O)c1ncc[nH]1.COC(=O)c1cccn1C.COC1C(=O)N(C)C(=O)N1C.COC1C(=O)N(C)C(=O)N1C.Cc1cc(C)n(C)n1.Cc1cc(C)n(C)n1.Cc1cn(C)c(-c2ccccc2)n1.Cc1cn(C)c(-c2ccccc2)n1.Cc1nccn1C. The number of nitrogens with zero attached hydrogens (tertiary/aromatic N) is 17. The van der Waals surface area contributed by atoms with Crippen LogP contribution >= 0.6 is 0 Å². The van der Waals surface area contributed by atoms with Crippen LogP contribution in [0.2, 0.25) is 0 Å². The average Bonchev–Trinajstić information content (AvgIpc) is 1.70. The van der Waals surface area contributed by atoms with Crippen LogP contribution in [0.4, 0.5) is 9.59 Å². The molecule has 3 aliphatic heterocycles. The van der Waals surface area contributed by atoms with Gasteiger partial charge in [-0.05, 0) is 79.8 Å². The van der Waals surface area contributed by atoms with Crippen LogP contribution in [0.25, 0.3) is 22.8 Å². The molecule has 9 aromatic rings. The molecule has 7 aromatic heterocycles. The molecule has 7 amide bonds. The molecule has 12 rings (SSSR count). The maximum Gasteiger partial charge on any atom is 0.354 e. The minimum Gasteiger partial charge on any atom is -0.464 e. The Morgan fingerprint density at radius 1 is 0.546 bits per heavy atom. The first-order valence-electron chi connectivity index (χ1n) is 30.7. The smallest absolute Gasteiger partial charge is 0.354 e. The molecular weight excluding hydrogens is 1240 g/mol. The Balaban J connectivity index is 0.000000283. The molecule has 97 heavy (non-hydrogen) atoms. The molecule has 526 valence electrons. The van der Waals surface area contributed by atoms with E-state index >= 15 is 0 Å². The molecule has 3 fully saturated rings. The molecule has 10 heterocycles. The third-order valence-electron chi connectivity index (χ3n) is 14.5. The van der Waals surface area contributed by atoms with Gasteiger partial charge < -0.3 is 52.4 Å². The van der Waals surface area contributed by atoms with Crippen LogP contribution in [0, 0.1) is 48.5 Å². The van der Waals surface area contributed by atoms with Gasteiger partial charge in [-0.1, -0.05) is 60.7 Å². The summed E-state index contributed by atoms with van der Waals surface area (Å²) in [5.74, 6) is 2.32. The van der Waals surface area contributed by atoms with Crippen LogP contribution < -0.4 is 5.32 Å². The Bertz CT molecular complexity index is 3600. The number of amides is 7. The van der Waals surface area contributed by atoms with E-state index in [2.05, 4.69) is 93.5 Å². The monoisotopic (exact) mass is 1340 g/mol. The Morgan fingerprint density at radius 3 is 1.21 bits per heavy atom. The number of morpholine rings is 1. The molecule has 3 aliphatic rings. The largest absolute Gasteiger partial charge is 0.464 e. The number of carbonyl (C=O) groups excluding carboxylic acids is 6. The Kier molecular flexibility index (Phi) is 34.0. The molecule has 3 saturated heterocycles. The van der Waals surface area contributed by atoms with Gasteiger partial charge in [0.1, 0.15) is 23.2 Å². The Morgan fingerprint density at radius 2 is 0.990 bits per heavy atom. The number of aromatic nitrogens is 13. The summed E-state index contributed by atoms with van der Waals surface area (Å²) in [4.78, 5) is 91.9. The van der Waals surface area contributed by atoms with Gasteiger partial charge in [0.25, 0.3) is 17.7 Å². The molecule has 0 aliphatic carbocycles. The van der Waals surface area contributed by atoms with Crippen molar-refractivity contribution < 1.29 is 47.7 Å². The third kappa shape index (κ3) is 25.7. The minimum absolute atomic E-state index is 0.194. The molecule has 0 bridgehead atoms. The number of hydrogen-bond donors (Lipinski definition) is 2. The van der Waals surface area contributed by atoms with Crippen LogP contribution in [-0.4, -0.2) is 225 Å². The van der Waals surface area contributed by atoms with Crippen molar-refractivity contribution in [1.29, 1.82) is 0 Å². The van der Waals surface area contributed by atoms with Crippen molar-refractivity contribution in [1.82, 2.24) is 92.6 Å². The summed E-state index contributed by atoms with van der Waals surface area (Å²) in [6.45, 7) is 18.1. The van der Waals surface area contributed by atoms with E-state index in [0.717, 1.165) is 87.5 Å². The highest BCUT2D eigenvalue weighted by atomic mass is 16.5. The highest BCUT2D eigenvalue weighted by Gasteiger charge is 2.41. The predicted octanol–water partition coefficient (Wildman–Crippen LogP) is 7.09. The van der Waals surface area contributed by atoms with Crippen LogP contribution in [-0.2, 0) is 70.8 Å². The second-order valence-corrected chi connectivity index (χ2v) is 22.2. The van der Waals surface area contributed by atoms with E-state index in [1.54, 1.807) is 49.4 Å². The quantitative estimate of drug-likeness (QED) is 0.124. The summed E-state index contributed by atoms with van der Waals surface area (Å²) >= 11 is 0. The van der Waals surface area contributed by atoms with Crippen LogP contribution in [0.3, 0.4) is 0 Å². The van der Waals surface area contributed by atoms with Crippen LogP contribution in [0.5, 0.6) is 0 Å². The summed E-state index contributed by atoms with van der Waals surface area (Å²) in [7, 11) is 25.4. The van der Waals surface area contributed by atoms with E-state index in [4.69, 9.17) is 14.2 Å². The van der Waals surface area contributed by atoms with Crippen LogP contribution in [0.15, 0.2) is 128 Å². The summed E-state index contributed by atoms with van der Waals surface area (Å²) in [6, 6.07) is 27.4. The second-order valence-electron chi connectivity index (χ2n) is 22.2. The molecule has 29 heteroatoms. The topological polar surface area (TPSA) is 290 Å². The number of hydrogen-bond acceptors (Lipinski definition) is 17. The number of benzene rings is 2. The first-order chi connectivity index (χ1) is 45.9. The number of esters is 1. The van der Waals surface area contributed by atoms with Gasteiger partial charge in [-0.25, -0.2) is 34.3 Å². The number of rotatable bonds is 6. The number of likely N-dealkylation sites (N-methyl/N-ethyl adjacent to an activating group) is 5. The lowest BCUT2D eigenvalue weighted by molar-refractivity contribution is -0.138. The van der Waals surface area contributed by atoms with E-state index in [1.165, 1.54) is 76.9 Å². The molecule has 2 aromatic carbocycles. The van der Waals surface area contributed by atoms with Crippen LogP contribution in [0.1, 0.15) is 61.1 Å². The van der Waals surface area contributed by atoms with Gasteiger partial charge in [0.15, 0.2) is 5.82 Å². The first-order valence-corrected chi connectivity index (χ1v) is 30.7. The summed E-state index contributed by atoms with van der Waals surface area (Å²) in [6.07, 6.45) is 11.2. The van der Waals surface area contributed by atoms with E-state index < -0.39 is 12.5 Å². The second kappa shape index (κ2) is 40.8. The standard InChI is InChI=1S/2C11H12N2.C7H9NO2.2C6H10N2O3.2C6H10N2.C5H7N3O.C5H8N2.C5H11NO/c2*1-9-8-13(2)11(12-9)10-6-4-3-5-7-10;1-8-5-3-4-6(8)7(9)10-2;2*1-7-4(9)5(11-3)8(2)6(7)10;2*1-5-4-6(2)8(3)7-5;1-6-5(9)4-7-2-3-8-4;1-5-6-3-4-7(5)2;1-6-2-4-7-5-3-6/h2*3-8H,1-2H3;3-5H,1-2H3;2*5H,1-3H3;2*4H,1-3H3;2-3H,1H3,(H,6,9)(H,7,8);3-4H,1-2H3;2-5H2,1H3. The van der Waals surface area contributed by atoms with Gasteiger partial charge >= 0.3 is 18.0 Å².